The minimum atomic E-state index is 0.797. The van der Waals surface area contributed by atoms with Gasteiger partial charge in [0, 0.05) is 18.8 Å². The van der Waals surface area contributed by atoms with Crippen molar-refractivity contribution in [3.63, 3.8) is 0 Å². The van der Waals surface area contributed by atoms with Gasteiger partial charge in [0.25, 0.3) is 0 Å². The molecule has 2 rings (SSSR count). The number of nitrogens with zero attached hydrogens (tertiary/aromatic N) is 1. The first-order chi connectivity index (χ1) is 9.40. The lowest BCUT2D eigenvalue weighted by Crippen LogP contribution is -2.36. The molecule has 0 aromatic heterocycles. The average Bonchev–Trinajstić information content (AvgIpc) is 2.51. The molecule has 1 aliphatic heterocycles. The van der Waals surface area contributed by atoms with Gasteiger partial charge >= 0.3 is 0 Å². The van der Waals surface area contributed by atoms with Gasteiger partial charge in [0.2, 0.25) is 0 Å². The summed E-state index contributed by atoms with van der Waals surface area (Å²) in [5, 5.41) is 0. The largest absolute Gasteiger partial charge is 0.378 e. The van der Waals surface area contributed by atoms with Gasteiger partial charge in [0.15, 0.2) is 0 Å². The summed E-state index contributed by atoms with van der Waals surface area (Å²) < 4.78 is 5.36. The number of hydrogen-bond acceptors (Lipinski definition) is 3. The summed E-state index contributed by atoms with van der Waals surface area (Å²) in [7, 11) is 0. The zero-order valence-corrected chi connectivity index (χ0v) is 12.4. The van der Waals surface area contributed by atoms with Gasteiger partial charge in [-0.3, -0.25) is 0 Å². The number of morpholine rings is 1. The van der Waals surface area contributed by atoms with Crippen LogP contribution >= 0.6 is 0 Å². The van der Waals surface area contributed by atoms with E-state index in [1.807, 2.05) is 13.8 Å². The van der Waals surface area contributed by atoms with Gasteiger partial charge in [0.05, 0.1) is 13.2 Å². The second-order valence-electron chi connectivity index (χ2n) is 4.51. The molecule has 0 bridgehead atoms. The normalized spacial score (nSPS) is 14.8. The number of ether oxygens (including phenoxy) is 1. The van der Waals surface area contributed by atoms with Crippen molar-refractivity contribution < 1.29 is 4.74 Å². The lowest BCUT2D eigenvalue weighted by atomic mass is 10.1. The summed E-state index contributed by atoms with van der Waals surface area (Å²) >= 11 is 0. The Morgan fingerprint density at radius 3 is 2.26 bits per heavy atom. The zero-order chi connectivity index (χ0) is 13.9. The van der Waals surface area contributed by atoms with Gasteiger partial charge in [-0.15, -0.1) is 0 Å². The quantitative estimate of drug-likeness (QED) is 0.831. The second kappa shape index (κ2) is 9.82. The lowest BCUT2D eigenvalue weighted by molar-refractivity contribution is 0.122. The second-order valence-corrected chi connectivity index (χ2v) is 4.51. The van der Waals surface area contributed by atoms with Crippen LogP contribution in [0.15, 0.2) is 24.3 Å². The fourth-order valence-corrected chi connectivity index (χ4v) is 2.17. The Bertz CT molecular complexity index is 318. The summed E-state index contributed by atoms with van der Waals surface area (Å²) in [5.41, 5.74) is 8.22. The molecule has 1 heterocycles. The zero-order valence-electron chi connectivity index (χ0n) is 12.4. The monoisotopic (exact) mass is 264 g/mol. The van der Waals surface area contributed by atoms with E-state index in [0.717, 1.165) is 45.7 Å². The van der Waals surface area contributed by atoms with Crippen LogP contribution in [-0.2, 0) is 11.2 Å². The molecule has 1 saturated heterocycles. The lowest BCUT2D eigenvalue weighted by Gasteiger charge is -2.28. The van der Waals surface area contributed by atoms with Crippen molar-refractivity contribution in [1.29, 1.82) is 0 Å². The van der Waals surface area contributed by atoms with Crippen LogP contribution in [-0.4, -0.2) is 32.8 Å². The van der Waals surface area contributed by atoms with Gasteiger partial charge in [-0.1, -0.05) is 26.0 Å². The van der Waals surface area contributed by atoms with Gasteiger partial charge < -0.3 is 15.4 Å². The Morgan fingerprint density at radius 2 is 1.68 bits per heavy atom. The predicted octanol–water partition coefficient (Wildman–Crippen LogP) is 2.83. The van der Waals surface area contributed by atoms with E-state index in [1.165, 1.54) is 17.7 Å². The van der Waals surface area contributed by atoms with E-state index in [9.17, 15) is 0 Å². The van der Waals surface area contributed by atoms with E-state index in [4.69, 9.17) is 10.5 Å². The van der Waals surface area contributed by atoms with E-state index in [-0.39, 0.29) is 0 Å². The molecule has 0 amide bonds. The molecule has 3 nitrogen and oxygen atoms in total. The third-order valence-electron chi connectivity index (χ3n) is 3.23. The first-order valence-corrected chi connectivity index (χ1v) is 7.52. The summed E-state index contributed by atoms with van der Waals surface area (Å²) in [4.78, 5) is 2.38. The third kappa shape index (κ3) is 5.62. The minimum absolute atomic E-state index is 0.797. The van der Waals surface area contributed by atoms with Gasteiger partial charge in [-0.2, -0.15) is 0 Å². The Kier molecular flexibility index (Phi) is 8.26. The van der Waals surface area contributed by atoms with Crippen molar-refractivity contribution in [2.24, 2.45) is 5.73 Å². The van der Waals surface area contributed by atoms with E-state index in [0.29, 0.717) is 0 Å². The van der Waals surface area contributed by atoms with Crippen LogP contribution in [0.5, 0.6) is 0 Å². The van der Waals surface area contributed by atoms with Crippen molar-refractivity contribution >= 4 is 5.69 Å². The first-order valence-electron chi connectivity index (χ1n) is 7.52. The number of benzene rings is 1. The van der Waals surface area contributed by atoms with E-state index in [1.54, 1.807) is 0 Å². The highest BCUT2D eigenvalue weighted by molar-refractivity contribution is 5.47. The maximum Gasteiger partial charge on any atom is 0.0642 e. The molecule has 1 aliphatic rings. The number of aryl methyl sites for hydroxylation is 1. The first kappa shape index (κ1) is 16.0. The van der Waals surface area contributed by atoms with Crippen LogP contribution in [0.4, 0.5) is 5.69 Å². The molecular weight excluding hydrogens is 236 g/mol. The van der Waals surface area contributed by atoms with Crippen LogP contribution in [0, 0.1) is 0 Å². The topological polar surface area (TPSA) is 38.5 Å². The van der Waals surface area contributed by atoms with Gasteiger partial charge in [-0.05, 0) is 43.5 Å². The number of anilines is 1. The molecular formula is C16H28N2O. The third-order valence-corrected chi connectivity index (χ3v) is 3.23. The van der Waals surface area contributed by atoms with E-state index >= 15 is 0 Å². The smallest absolute Gasteiger partial charge is 0.0642 e. The Morgan fingerprint density at radius 1 is 1.05 bits per heavy atom. The number of nitrogens with two attached hydrogens (primary N) is 1. The van der Waals surface area contributed by atoms with Crippen molar-refractivity contribution in [1.82, 2.24) is 0 Å². The maximum absolute atomic E-state index is 5.50. The fourth-order valence-electron chi connectivity index (χ4n) is 2.17. The van der Waals surface area contributed by atoms with Crippen molar-refractivity contribution in [3.05, 3.63) is 29.8 Å². The predicted molar refractivity (Wildman–Crippen MR) is 82.8 cm³/mol. The molecule has 0 saturated carbocycles. The van der Waals surface area contributed by atoms with Crippen molar-refractivity contribution in [2.45, 2.75) is 33.1 Å². The van der Waals surface area contributed by atoms with Crippen LogP contribution in [0.2, 0.25) is 0 Å². The Hall–Kier alpha value is -1.06. The van der Waals surface area contributed by atoms with Crippen molar-refractivity contribution in [2.75, 3.05) is 37.7 Å². The fraction of sp³-hybridized carbons (Fsp3) is 0.625. The molecule has 0 unspecified atom stereocenters. The summed E-state index contributed by atoms with van der Waals surface area (Å²) in [5.74, 6) is 0. The highest BCUT2D eigenvalue weighted by atomic mass is 16.5. The standard InChI is InChI=1S/C14H22N2O.C2H6/c15-8-2-1-3-13-4-6-14(7-5-13)16-9-11-17-12-10-16;1-2/h4-7H,1-3,8-12,15H2;1-2H3. The summed E-state index contributed by atoms with van der Waals surface area (Å²) in [6.45, 7) is 8.50. The minimum Gasteiger partial charge on any atom is -0.378 e. The SMILES string of the molecule is CC.NCCCCc1ccc(N2CCOCC2)cc1. The number of unbranched alkanes of at least 4 members (excludes halogenated alkanes) is 1. The summed E-state index contributed by atoms with van der Waals surface area (Å²) in [6, 6.07) is 8.93. The molecule has 1 aromatic carbocycles. The molecule has 0 atom stereocenters. The molecule has 0 radical (unpaired) electrons. The Balaban J connectivity index is 0.000000861. The number of hydrogen-bond donors (Lipinski definition) is 1. The van der Waals surface area contributed by atoms with Crippen LogP contribution in [0.3, 0.4) is 0 Å². The maximum atomic E-state index is 5.50. The van der Waals surface area contributed by atoms with Crippen molar-refractivity contribution in [3.8, 4) is 0 Å². The van der Waals surface area contributed by atoms with Gasteiger partial charge in [-0.25, -0.2) is 0 Å². The molecule has 0 spiro atoms. The molecule has 19 heavy (non-hydrogen) atoms. The van der Waals surface area contributed by atoms with E-state index in [2.05, 4.69) is 29.2 Å². The highest BCUT2D eigenvalue weighted by Gasteiger charge is 2.10. The summed E-state index contributed by atoms with van der Waals surface area (Å²) in [6.07, 6.45) is 3.44. The highest BCUT2D eigenvalue weighted by Crippen LogP contribution is 2.17. The van der Waals surface area contributed by atoms with Crippen LogP contribution in [0.1, 0.15) is 32.3 Å². The van der Waals surface area contributed by atoms with E-state index < -0.39 is 0 Å². The Labute approximate surface area is 117 Å². The molecule has 1 fully saturated rings. The number of rotatable bonds is 5. The molecule has 2 N–H and O–H groups in total. The van der Waals surface area contributed by atoms with Gasteiger partial charge in [0.1, 0.15) is 0 Å². The molecule has 3 heteroatoms. The average molecular weight is 264 g/mol. The van der Waals surface area contributed by atoms with Crippen LogP contribution in [0.25, 0.3) is 0 Å². The molecule has 0 aliphatic carbocycles. The molecule has 108 valence electrons. The van der Waals surface area contributed by atoms with Crippen LogP contribution < -0.4 is 10.6 Å². The molecule has 1 aromatic rings.